The van der Waals surface area contributed by atoms with E-state index < -0.39 is 10.5 Å². The minimum absolute atomic E-state index is 0.0387. The largest absolute Gasteiger partial charge is 0.489 e. The SMILES string of the molecule is CN(C)c1ccc2c(c1)Oc1c(ccc3cc(OCc4ccc([N+](=O)[O-])cc4)ccc13)C21OC(=O)c2ccccc21. The molecule has 202 valence electrons. The van der Waals surface area contributed by atoms with Gasteiger partial charge in [0.1, 0.15) is 23.9 Å². The van der Waals surface area contributed by atoms with E-state index in [9.17, 15) is 14.9 Å². The molecule has 1 atom stereocenters. The number of hydrogen-bond donors (Lipinski definition) is 0. The quantitative estimate of drug-likeness (QED) is 0.134. The molecule has 1 spiro atoms. The van der Waals surface area contributed by atoms with Gasteiger partial charge >= 0.3 is 5.97 Å². The predicted molar refractivity (Wildman–Crippen MR) is 154 cm³/mol. The maximum absolute atomic E-state index is 13.2. The lowest BCUT2D eigenvalue weighted by molar-refractivity contribution is -0.384. The standard InChI is InChI=1S/C33H24N2O6/c1-34(2)23-12-16-28-30(18-23)40-31-25-14-13-24(39-19-20-7-10-22(11-8-20)35(37)38)17-21(25)9-15-29(31)33(28)27-6-4-3-5-26(27)32(36)41-33/h3-18H,19H2,1-2H3. The molecule has 0 amide bonds. The molecule has 0 radical (unpaired) electrons. The average Bonchev–Trinajstić information content (AvgIpc) is 3.28. The van der Waals surface area contributed by atoms with E-state index in [1.165, 1.54) is 12.1 Å². The van der Waals surface area contributed by atoms with Crippen LogP contribution in [0.3, 0.4) is 0 Å². The number of nitro benzene ring substituents is 1. The van der Waals surface area contributed by atoms with E-state index in [1.807, 2.05) is 85.7 Å². The van der Waals surface area contributed by atoms with Crippen molar-refractivity contribution in [1.82, 2.24) is 0 Å². The topological polar surface area (TPSA) is 91.1 Å². The molecule has 0 aromatic heterocycles. The Hall–Kier alpha value is -5.37. The normalized spacial score (nSPS) is 16.4. The van der Waals surface area contributed by atoms with E-state index in [2.05, 4.69) is 0 Å². The van der Waals surface area contributed by atoms with Crippen LogP contribution in [0.15, 0.2) is 97.1 Å². The fourth-order valence-electron chi connectivity index (χ4n) is 5.67. The molecule has 7 rings (SSSR count). The van der Waals surface area contributed by atoms with E-state index in [4.69, 9.17) is 14.2 Å². The van der Waals surface area contributed by atoms with Crippen molar-refractivity contribution in [3.05, 3.63) is 135 Å². The Kier molecular flexibility index (Phi) is 5.47. The zero-order valence-electron chi connectivity index (χ0n) is 22.3. The number of rotatable bonds is 5. The van der Waals surface area contributed by atoms with E-state index in [1.54, 1.807) is 18.2 Å². The van der Waals surface area contributed by atoms with Crippen molar-refractivity contribution in [2.75, 3.05) is 19.0 Å². The fourth-order valence-corrected chi connectivity index (χ4v) is 5.67. The van der Waals surface area contributed by atoms with Crippen LogP contribution in [-0.4, -0.2) is 25.0 Å². The predicted octanol–water partition coefficient (Wildman–Crippen LogP) is 6.96. The van der Waals surface area contributed by atoms with Gasteiger partial charge in [-0.2, -0.15) is 0 Å². The van der Waals surface area contributed by atoms with Crippen LogP contribution in [0, 0.1) is 10.1 Å². The first-order valence-electron chi connectivity index (χ1n) is 13.1. The summed E-state index contributed by atoms with van der Waals surface area (Å²) in [5.74, 6) is 1.52. The third kappa shape index (κ3) is 3.79. The van der Waals surface area contributed by atoms with Crippen LogP contribution in [0.2, 0.25) is 0 Å². The van der Waals surface area contributed by atoms with Gasteiger partial charge in [-0.1, -0.05) is 24.3 Å². The van der Waals surface area contributed by atoms with Crippen molar-refractivity contribution in [2.45, 2.75) is 12.2 Å². The number of nitrogens with zero attached hydrogens (tertiary/aromatic N) is 2. The summed E-state index contributed by atoms with van der Waals surface area (Å²) in [5, 5.41) is 12.7. The van der Waals surface area contributed by atoms with Crippen LogP contribution in [0.4, 0.5) is 11.4 Å². The van der Waals surface area contributed by atoms with Crippen LogP contribution >= 0.6 is 0 Å². The van der Waals surface area contributed by atoms with Crippen molar-refractivity contribution < 1.29 is 23.9 Å². The van der Waals surface area contributed by atoms with Gasteiger partial charge in [0.25, 0.3) is 5.69 Å². The number of carbonyl (C=O) groups is 1. The molecule has 1 unspecified atom stereocenters. The third-order valence-corrected chi connectivity index (χ3v) is 7.72. The van der Waals surface area contributed by atoms with Crippen molar-refractivity contribution in [3.8, 4) is 17.2 Å². The number of hydrogen-bond acceptors (Lipinski definition) is 7. The minimum Gasteiger partial charge on any atom is -0.489 e. The number of esters is 1. The molecule has 2 heterocycles. The highest BCUT2D eigenvalue weighted by atomic mass is 16.6. The second-order valence-corrected chi connectivity index (χ2v) is 10.3. The third-order valence-electron chi connectivity index (χ3n) is 7.72. The first kappa shape index (κ1) is 24.7. The van der Waals surface area contributed by atoms with Gasteiger partial charge in [-0.3, -0.25) is 10.1 Å². The zero-order chi connectivity index (χ0) is 28.3. The van der Waals surface area contributed by atoms with Crippen molar-refractivity contribution in [3.63, 3.8) is 0 Å². The van der Waals surface area contributed by atoms with Crippen LogP contribution in [0.25, 0.3) is 10.8 Å². The first-order valence-corrected chi connectivity index (χ1v) is 13.1. The molecule has 2 aliphatic rings. The molecule has 5 aromatic rings. The van der Waals surface area contributed by atoms with Gasteiger partial charge in [0.2, 0.25) is 0 Å². The van der Waals surface area contributed by atoms with Crippen LogP contribution < -0.4 is 14.4 Å². The molecule has 0 N–H and O–H groups in total. The average molecular weight is 545 g/mol. The summed E-state index contributed by atoms with van der Waals surface area (Å²) in [6.07, 6.45) is 0. The summed E-state index contributed by atoms with van der Waals surface area (Å²) in [7, 11) is 3.93. The Morgan fingerprint density at radius 3 is 2.44 bits per heavy atom. The zero-order valence-corrected chi connectivity index (χ0v) is 22.3. The lowest BCUT2D eigenvalue weighted by atomic mass is 9.77. The van der Waals surface area contributed by atoms with Gasteiger partial charge in [0.15, 0.2) is 5.60 Å². The molecule has 0 fully saturated rings. The molecular formula is C33H24N2O6. The summed E-state index contributed by atoms with van der Waals surface area (Å²) in [5.41, 5.74) is 3.54. The Balaban J connectivity index is 1.32. The summed E-state index contributed by atoms with van der Waals surface area (Å²) in [6, 6.07) is 29.4. The number of carbonyl (C=O) groups excluding carboxylic acids is 1. The van der Waals surface area contributed by atoms with Crippen molar-refractivity contribution in [1.29, 1.82) is 0 Å². The smallest absolute Gasteiger partial charge is 0.340 e. The molecule has 0 saturated heterocycles. The van der Waals surface area contributed by atoms with Gasteiger partial charge in [0, 0.05) is 60.1 Å². The van der Waals surface area contributed by atoms with E-state index >= 15 is 0 Å². The molecule has 41 heavy (non-hydrogen) atoms. The Morgan fingerprint density at radius 1 is 0.878 bits per heavy atom. The number of benzene rings is 5. The van der Waals surface area contributed by atoms with Gasteiger partial charge in [-0.15, -0.1) is 0 Å². The Bertz CT molecular complexity index is 1880. The van der Waals surface area contributed by atoms with E-state index in [0.29, 0.717) is 22.8 Å². The highest BCUT2D eigenvalue weighted by Gasteiger charge is 2.53. The fraction of sp³-hybridized carbons (Fsp3) is 0.121. The van der Waals surface area contributed by atoms with Crippen LogP contribution in [0.1, 0.15) is 32.6 Å². The summed E-state index contributed by atoms with van der Waals surface area (Å²) in [6.45, 7) is 0.265. The lowest BCUT2D eigenvalue weighted by Crippen LogP contribution is -2.33. The van der Waals surface area contributed by atoms with Crippen LogP contribution in [-0.2, 0) is 16.9 Å². The van der Waals surface area contributed by atoms with Crippen LogP contribution in [0.5, 0.6) is 17.2 Å². The number of nitro groups is 1. The van der Waals surface area contributed by atoms with Gasteiger partial charge in [-0.05, 0) is 65.5 Å². The van der Waals surface area contributed by atoms with Gasteiger partial charge in [-0.25, -0.2) is 4.79 Å². The first-order chi connectivity index (χ1) is 19.8. The van der Waals surface area contributed by atoms with Gasteiger partial charge < -0.3 is 19.1 Å². The molecular weight excluding hydrogens is 520 g/mol. The number of fused-ring (bicyclic) bond motifs is 8. The number of non-ortho nitro benzene ring substituents is 1. The number of anilines is 1. The molecule has 2 aliphatic heterocycles. The summed E-state index contributed by atoms with van der Waals surface area (Å²) >= 11 is 0. The molecule has 0 bridgehead atoms. The van der Waals surface area contributed by atoms with Gasteiger partial charge in [0.05, 0.1) is 10.5 Å². The Labute approximate surface area is 235 Å². The molecule has 8 heteroatoms. The maximum Gasteiger partial charge on any atom is 0.340 e. The van der Waals surface area contributed by atoms with E-state index in [0.717, 1.165) is 38.7 Å². The second kappa shape index (κ2) is 9.09. The Morgan fingerprint density at radius 2 is 1.66 bits per heavy atom. The van der Waals surface area contributed by atoms with E-state index in [-0.39, 0.29) is 18.3 Å². The second-order valence-electron chi connectivity index (χ2n) is 10.3. The summed E-state index contributed by atoms with van der Waals surface area (Å²) in [4.78, 5) is 25.7. The van der Waals surface area contributed by atoms with Crippen molar-refractivity contribution >= 4 is 28.1 Å². The summed E-state index contributed by atoms with van der Waals surface area (Å²) < 4.78 is 18.9. The highest BCUT2D eigenvalue weighted by molar-refractivity contribution is 5.99. The van der Waals surface area contributed by atoms with Crippen molar-refractivity contribution in [2.24, 2.45) is 0 Å². The maximum atomic E-state index is 13.2. The molecule has 0 saturated carbocycles. The minimum atomic E-state index is -1.14. The number of ether oxygens (including phenoxy) is 3. The molecule has 5 aromatic carbocycles. The molecule has 0 aliphatic carbocycles. The molecule has 8 nitrogen and oxygen atoms in total. The lowest BCUT2D eigenvalue weighted by Gasteiger charge is -2.37. The highest BCUT2D eigenvalue weighted by Crippen LogP contribution is 2.58. The monoisotopic (exact) mass is 544 g/mol.